The fourth-order valence-electron chi connectivity index (χ4n) is 3.62. The van der Waals surface area contributed by atoms with E-state index in [9.17, 15) is 8.42 Å². The van der Waals surface area contributed by atoms with E-state index in [0.717, 1.165) is 32.1 Å². The maximum atomic E-state index is 12.9. The predicted molar refractivity (Wildman–Crippen MR) is 80.1 cm³/mol. The number of rotatable bonds is 2. The van der Waals surface area contributed by atoms with Crippen LogP contribution in [0.15, 0.2) is 23.1 Å². The summed E-state index contributed by atoms with van der Waals surface area (Å²) in [6.07, 6.45) is 5.25. The first-order chi connectivity index (χ1) is 9.51. The van der Waals surface area contributed by atoms with E-state index in [4.69, 9.17) is 17.3 Å². The van der Waals surface area contributed by atoms with Crippen LogP contribution in [0, 0.1) is 5.92 Å². The first-order valence-corrected chi connectivity index (χ1v) is 8.89. The van der Waals surface area contributed by atoms with Crippen LogP contribution in [0.5, 0.6) is 0 Å². The van der Waals surface area contributed by atoms with Crippen LogP contribution in [-0.2, 0) is 10.0 Å². The van der Waals surface area contributed by atoms with Gasteiger partial charge < -0.3 is 5.73 Å². The van der Waals surface area contributed by atoms with E-state index < -0.39 is 10.0 Å². The highest BCUT2D eigenvalue weighted by molar-refractivity contribution is 7.89. The zero-order valence-electron chi connectivity index (χ0n) is 11.3. The van der Waals surface area contributed by atoms with Crippen LogP contribution >= 0.6 is 11.6 Å². The number of anilines is 1. The molecule has 110 valence electrons. The number of hydrogen-bond donors (Lipinski definition) is 1. The van der Waals surface area contributed by atoms with Crippen molar-refractivity contribution in [3.8, 4) is 0 Å². The summed E-state index contributed by atoms with van der Waals surface area (Å²) in [5.41, 5.74) is 6.09. The molecule has 2 unspecified atom stereocenters. The number of nitrogens with two attached hydrogens (primary N) is 1. The van der Waals surface area contributed by atoms with Crippen LogP contribution < -0.4 is 5.73 Å². The number of nitrogen functional groups attached to an aromatic ring is 1. The smallest absolute Gasteiger partial charge is 0.246 e. The summed E-state index contributed by atoms with van der Waals surface area (Å²) in [5.74, 6) is 0.502. The molecule has 1 aromatic carbocycles. The van der Waals surface area contributed by atoms with Crippen molar-refractivity contribution in [2.45, 2.75) is 43.0 Å². The molecule has 2 aliphatic rings. The van der Waals surface area contributed by atoms with E-state index in [-0.39, 0.29) is 21.6 Å². The fraction of sp³-hybridized carbons (Fsp3) is 0.571. The van der Waals surface area contributed by atoms with Gasteiger partial charge in [-0.15, -0.1) is 0 Å². The van der Waals surface area contributed by atoms with Crippen molar-refractivity contribution in [1.29, 1.82) is 0 Å². The molecule has 6 heteroatoms. The van der Waals surface area contributed by atoms with Crippen LogP contribution in [0.2, 0.25) is 5.02 Å². The normalized spacial score (nSPS) is 27.4. The van der Waals surface area contributed by atoms with Crippen LogP contribution in [0.25, 0.3) is 0 Å². The SMILES string of the molecule is Nc1cccc(Cl)c1S(=O)(=O)N1CCCC2CCCC21. The number of benzene rings is 1. The van der Waals surface area contributed by atoms with Crippen molar-refractivity contribution in [1.82, 2.24) is 4.31 Å². The Labute approximate surface area is 125 Å². The summed E-state index contributed by atoms with van der Waals surface area (Å²) in [4.78, 5) is 0.0780. The quantitative estimate of drug-likeness (QED) is 0.854. The topological polar surface area (TPSA) is 63.4 Å². The van der Waals surface area contributed by atoms with Gasteiger partial charge in [0.15, 0.2) is 0 Å². The molecule has 1 aliphatic carbocycles. The molecule has 1 heterocycles. The summed E-state index contributed by atoms with van der Waals surface area (Å²) in [5, 5.41) is 0.213. The lowest BCUT2D eigenvalue weighted by atomic mass is 9.94. The van der Waals surface area contributed by atoms with Gasteiger partial charge in [-0.1, -0.05) is 24.1 Å². The molecule has 2 atom stereocenters. The van der Waals surface area contributed by atoms with Crippen molar-refractivity contribution < 1.29 is 8.42 Å². The monoisotopic (exact) mass is 314 g/mol. The highest BCUT2D eigenvalue weighted by atomic mass is 35.5. The van der Waals surface area contributed by atoms with Gasteiger partial charge in [0.2, 0.25) is 10.0 Å². The molecule has 4 nitrogen and oxygen atoms in total. The maximum absolute atomic E-state index is 12.9. The zero-order valence-corrected chi connectivity index (χ0v) is 12.8. The molecule has 1 saturated carbocycles. The minimum atomic E-state index is -3.60. The molecular weight excluding hydrogens is 296 g/mol. The number of nitrogens with zero attached hydrogens (tertiary/aromatic N) is 1. The molecule has 0 amide bonds. The molecule has 1 aromatic rings. The third-order valence-corrected chi connectivity index (χ3v) is 6.98. The van der Waals surface area contributed by atoms with Crippen molar-refractivity contribution in [2.24, 2.45) is 5.92 Å². The van der Waals surface area contributed by atoms with Gasteiger partial charge in [-0.25, -0.2) is 8.42 Å². The molecule has 2 fully saturated rings. The molecular formula is C14H19ClN2O2S. The Kier molecular flexibility index (Phi) is 3.69. The van der Waals surface area contributed by atoms with Gasteiger partial charge in [0, 0.05) is 12.6 Å². The van der Waals surface area contributed by atoms with Crippen molar-refractivity contribution in [2.75, 3.05) is 12.3 Å². The molecule has 2 N–H and O–H groups in total. The largest absolute Gasteiger partial charge is 0.398 e. The van der Waals surface area contributed by atoms with E-state index in [1.807, 2.05) is 0 Å². The Morgan fingerprint density at radius 3 is 2.70 bits per heavy atom. The predicted octanol–water partition coefficient (Wildman–Crippen LogP) is 2.88. The minimum absolute atomic E-state index is 0.0780. The van der Waals surface area contributed by atoms with Gasteiger partial charge in [-0.2, -0.15) is 4.31 Å². The standard InChI is InChI=1S/C14H19ClN2O2S/c15-11-6-2-7-12(16)14(11)20(18,19)17-9-3-5-10-4-1-8-13(10)17/h2,6-7,10,13H,1,3-5,8-9,16H2. The van der Waals surface area contributed by atoms with Crippen molar-refractivity contribution >= 4 is 27.3 Å². The van der Waals surface area contributed by atoms with Gasteiger partial charge in [0.1, 0.15) is 4.90 Å². The first kappa shape index (κ1) is 14.2. The second-order valence-corrected chi connectivity index (χ2v) is 7.91. The number of piperidine rings is 1. The Hall–Kier alpha value is -0.780. The molecule has 1 saturated heterocycles. The zero-order chi connectivity index (χ0) is 14.3. The molecule has 20 heavy (non-hydrogen) atoms. The highest BCUT2D eigenvalue weighted by Gasteiger charge is 2.42. The van der Waals surface area contributed by atoms with Crippen LogP contribution in [0.1, 0.15) is 32.1 Å². The summed E-state index contributed by atoms with van der Waals surface area (Å²) < 4.78 is 27.5. The van der Waals surface area contributed by atoms with Gasteiger partial charge in [0.25, 0.3) is 0 Å². The number of halogens is 1. The summed E-state index contributed by atoms with van der Waals surface area (Å²) >= 11 is 6.09. The number of sulfonamides is 1. The van der Waals surface area contributed by atoms with Gasteiger partial charge in [0.05, 0.1) is 10.7 Å². The lowest BCUT2D eigenvalue weighted by molar-refractivity contribution is 0.202. The summed E-state index contributed by atoms with van der Waals surface area (Å²) in [6, 6.07) is 4.98. The molecule has 3 rings (SSSR count). The van der Waals surface area contributed by atoms with Gasteiger partial charge in [-0.05, 0) is 43.7 Å². The first-order valence-electron chi connectivity index (χ1n) is 7.07. The molecule has 0 radical (unpaired) electrons. The molecule has 0 spiro atoms. The van der Waals surface area contributed by atoms with Crippen molar-refractivity contribution in [3.05, 3.63) is 23.2 Å². The van der Waals surface area contributed by atoms with Crippen LogP contribution in [-0.4, -0.2) is 25.3 Å². The average Bonchev–Trinajstić information content (AvgIpc) is 2.85. The van der Waals surface area contributed by atoms with E-state index in [2.05, 4.69) is 0 Å². The van der Waals surface area contributed by atoms with Gasteiger partial charge in [-0.3, -0.25) is 0 Å². The summed E-state index contributed by atoms with van der Waals surface area (Å²) in [6.45, 7) is 0.578. The second-order valence-electron chi connectivity index (χ2n) is 5.67. The lowest BCUT2D eigenvalue weighted by Gasteiger charge is -2.37. The Balaban J connectivity index is 2.03. The van der Waals surface area contributed by atoms with Gasteiger partial charge >= 0.3 is 0 Å². The maximum Gasteiger partial charge on any atom is 0.246 e. The van der Waals surface area contributed by atoms with E-state index in [1.54, 1.807) is 22.5 Å². The van der Waals surface area contributed by atoms with Crippen LogP contribution in [0.4, 0.5) is 5.69 Å². The minimum Gasteiger partial charge on any atom is -0.398 e. The second kappa shape index (κ2) is 5.20. The number of fused-ring (bicyclic) bond motifs is 1. The van der Waals surface area contributed by atoms with Crippen LogP contribution in [0.3, 0.4) is 0 Å². The third-order valence-electron chi connectivity index (χ3n) is 4.51. The fourth-order valence-corrected chi connectivity index (χ4v) is 6.01. The molecule has 0 bridgehead atoms. The average molecular weight is 315 g/mol. The highest BCUT2D eigenvalue weighted by Crippen LogP contribution is 2.41. The van der Waals surface area contributed by atoms with E-state index >= 15 is 0 Å². The summed E-state index contributed by atoms with van der Waals surface area (Å²) in [7, 11) is -3.60. The number of hydrogen-bond acceptors (Lipinski definition) is 3. The third kappa shape index (κ3) is 2.22. The van der Waals surface area contributed by atoms with Crippen molar-refractivity contribution in [3.63, 3.8) is 0 Å². The molecule has 1 aliphatic heterocycles. The Morgan fingerprint density at radius 2 is 1.95 bits per heavy atom. The molecule has 0 aromatic heterocycles. The Bertz CT molecular complexity index is 597. The van der Waals surface area contributed by atoms with E-state index in [0.29, 0.717) is 12.5 Å². The van der Waals surface area contributed by atoms with E-state index in [1.165, 1.54) is 0 Å². The Morgan fingerprint density at radius 1 is 1.20 bits per heavy atom. The lowest BCUT2D eigenvalue weighted by Crippen LogP contribution is -2.46.